The Labute approximate surface area is 313 Å². The molecule has 2 N–H and O–H groups in total. The largest absolute Gasteiger partial charge is 0.461 e. The van der Waals surface area contributed by atoms with Gasteiger partial charge in [-0.15, -0.1) is 0 Å². The van der Waals surface area contributed by atoms with E-state index < -0.39 is 5.56 Å². The van der Waals surface area contributed by atoms with Gasteiger partial charge in [-0.25, -0.2) is 4.98 Å². The van der Waals surface area contributed by atoms with Crippen LogP contribution in [0.1, 0.15) is 125 Å². The van der Waals surface area contributed by atoms with Gasteiger partial charge in [0.05, 0.1) is 28.8 Å². The Morgan fingerprint density at radius 3 is 2.40 bits per heavy atom. The average molecular weight is 731 g/mol. The normalized spacial score (nSPS) is 40.5. The second-order valence-corrected chi connectivity index (χ2v) is 20.0. The van der Waals surface area contributed by atoms with Crippen molar-refractivity contribution >= 4 is 17.7 Å². The molecular formula is C42H58N4O5S. The smallest absolute Gasteiger partial charge is 0.316 e. The van der Waals surface area contributed by atoms with Crippen molar-refractivity contribution in [3.8, 4) is 17.3 Å². The summed E-state index contributed by atoms with van der Waals surface area (Å²) in [4.78, 5) is 37.4. The van der Waals surface area contributed by atoms with Crippen LogP contribution in [0.3, 0.4) is 0 Å². The fourth-order valence-electron chi connectivity index (χ4n) is 13.2. The molecule has 1 saturated heterocycles. The lowest BCUT2D eigenvalue weighted by molar-refractivity contribution is -0.258. The standard InChI is InChI=1S/C42H58N4O5S/c1-37(2)15-9-16-42(8,51-37)27-10-18-41(7)33(27)28(47)22-30-39(5)17-12-31(38(3,4)29(39)11-19-40(30,41)6)50-32(48)24-52-36-45-34(25-13-20-44-21-14-25)26(23-43)35(49)46-36/h13-14,20-21,27-31,33,47H,9-12,15-19,22,24H2,1-8H3,(H,45,46,49)/t27-,28-,29+,30+,31+,33+,39+,40-,41-,42-/m1/s1. The lowest BCUT2D eigenvalue weighted by Crippen LogP contribution is -2.67. The van der Waals surface area contributed by atoms with Gasteiger partial charge in [0, 0.05) is 23.4 Å². The Bertz CT molecular complexity index is 1810. The third-order valence-corrected chi connectivity index (χ3v) is 16.5. The van der Waals surface area contributed by atoms with Crippen molar-refractivity contribution in [2.45, 2.75) is 148 Å². The number of aromatic nitrogens is 3. The highest BCUT2D eigenvalue weighted by Gasteiger charge is 2.72. The van der Waals surface area contributed by atoms with Crippen LogP contribution >= 0.6 is 11.8 Å². The van der Waals surface area contributed by atoms with Crippen LogP contribution in [0.15, 0.2) is 34.5 Å². The van der Waals surface area contributed by atoms with Crippen LogP contribution in [-0.4, -0.2) is 55.2 Å². The number of hydrogen-bond acceptors (Lipinski definition) is 9. The molecule has 1 aliphatic heterocycles. The molecule has 0 amide bonds. The Morgan fingerprint density at radius 2 is 1.71 bits per heavy atom. The minimum atomic E-state index is -0.543. The lowest BCUT2D eigenvalue weighted by atomic mass is 9.35. The van der Waals surface area contributed by atoms with Crippen LogP contribution in [0.5, 0.6) is 0 Å². The highest BCUT2D eigenvalue weighted by molar-refractivity contribution is 7.99. The molecule has 0 aromatic carbocycles. The van der Waals surface area contributed by atoms with Crippen molar-refractivity contribution in [2.75, 3.05) is 5.75 Å². The molecule has 10 heteroatoms. The maximum atomic E-state index is 13.4. The quantitative estimate of drug-likeness (QED) is 0.172. The number of esters is 1. The molecule has 2 aromatic heterocycles. The molecule has 0 radical (unpaired) electrons. The van der Waals surface area contributed by atoms with Crippen molar-refractivity contribution in [1.82, 2.24) is 15.0 Å². The molecule has 3 heterocycles. The van der Waals surface area contributed by atoms with Gasteiger partial charge in [0.15, 0.2) is 5.16 Å². The molecule has 52 heavy (non-hydrogen) atoms. The number of H-pyrrole nitrogens is 1. The van der Waals surface area contributed by atoms with E-state index in [1.165, 1.54) is 6.42 Å². The number of nitriles is 1. The Hall–Kier alpha value is -2.74. The summed E-state index contributed by atoms with van der Waals surface area (Å²) >= 11 is 1.11. The number of ether oxygens (including phenoxy) is 2. The predicted octanol–water partition coefficient (Wildman–Crippen LogP) is 8.10. The number of rotatable bonds is 6. The molecule has 0 unspecified atom stereocenters. The third-order valence-electron chi connectivity index (χ3n) is 15.6. The van der Waals surface area contributed by atoms with Crippen molar-refractivity contribution in [3.05, 3.63) is 40.4 Å². The van der Waals surface area contributed by atoms with E-state index in [0.29, 0.717) is 23.3 Å². The summed E-state index contributed by atoms with van der Waals surface area (Å²) in [5.74, 6) is 0.974. The Kier molecular flexibility index (Phi) is 9.35. The first kappa shape index (κ1) is 37.6. The molecule has 282 valence electrons. The van der Waals surface area contributed by atoms with E-state index in [2.05, 4.69) is 70.3 Å². The van der Waals surface area contributed by atoms with Crippen molar-refractivity contribution in [2.24, 2.45) is 45.3 Å². The maximum absolute atomic E-state index is 13.4. The van der Waals surface area contributed by atoms with E-state index in [9.17, 15) is 20.0 Å². The second-order valence-electron chi connectivity index (χ2n) is 19.1. The second kappa shape index (κ2) is 12.9. The molecule has 5 fully saturated rings. The van der Waals surface area contributed by atoms with Crippen LogP contribution in [-0.2, 0) is 14.3 Å². The van der Waals surface area contributed by atoms with Crippen LogP contribution in [0.25, 0.3) is 11.3 Å². The third kappa shape index (κ3) is 5.87. The summed E-state index contributed by atoms with van der Waals surface area (Å²) in [6.07, 6.45) is 12.9. The van der Waals surface area contributed by atoms with Gasteiger partial charge in [0.1, 0.15) is 17.7 Å². The topological polar surface area (TPSA) is 138 Å². The van der Waals surface area contributed by atoms with E-state index in [1.54, 1.807) is 24.5 Å². The first-order valence-corrected chi connectivity index (χ1v) is 20.5. The first-order chi connectivity index (χ1) is 24.4. The molecule has 0 bridgehead atoms. The van der Waals surface area contributed by atoms with E-state index in [1.807, 2.05) is 6.07 Å². The summed E-state index contributed by atoms with van der Waals surface area (Å²) in [6, 6.07) is 5.35. The van der Waals surface area contributed by atoms with Crippen LogP contribution in [0, 0.1) is 56.7 Å². The zero-order chi connectivity index (χ0) is 37.5. The maximum Gasteiger partial charge on any atom is 0.316 e. The zero-order valence-corrected chi connectivity index (χ0v) is 33.2. The average Bonchev–Trinajstić information content (AvgIpc) is 3.46. The molecule has 0 spiro atoms. The van der Waals surface area contributed by atoms with Gasteiger partial charge in [-0.2, -0.15) is 5.26 Å². The minimum Gasteiger partial charge on any atom is -0.461 e. The number of carbonyl (C=O) groups excluding carboxylic acids is 1. The molecule has 4 saturated carbocycles. The molecule has 10 atom stereocenters. The van der Waals surface area contributed by atoms with Gasteiger partial charge >= 0.3 is 5.97 Å². The lowest BCUT2D eigenvalue weighted by Gasteiger charge is -2.70. The first-order valence-electron chi connectivity index (χ1n) is 19.5. The molecule has 2 aromatic rings. The number of aliphatic hydroxyl groups is 1. The van der Waals surface area contributed by atoms with Gasteiger partial charge in [-0.1, -0.05) is 46.4 Å². The number of pyridine rings is 1. The van der Waals surface area contributed by atoms with E-state index in [0.717, 1.165) is 69.5 Å². The summed E-state index contributed by atoms with van der Waals surface area (Å²) in [5.41, 5.74) is -0.168. The van der Waals surface area contributed by atoms with Crippen molar-refractivity contribution < 1.29 is 19.4 Å². The van der Waals surface area contributed by atoms with Gasteiger partial charge < -0.3 is 19.6 Å². The SMILES string of the molecule is CC1(C)CCC[C@](C)([C@@H]2CC[C@]3(C)[C@@H]2[C@H](O)C[C@H]2[C@@]4(C)CC[C@H](OC(=O)CSc5nc(-c6ccncc6)c(C#N)c(=O)[nH]5)C(C)(C)[C@@H]4CC[C@]23C)O1. The molecule has 7 rings (SSSR count). The van der Waals surface area contributed by atoms with Gasteiger partial charge in [0.2, 0.25) is 0 Å². The van der Waals surface area contributed by atoms with Gasteiger partial charge in [-0.3, -0.25) is 14.6 Å². The molecule has 9 nitrogen and oxygen atoms in total. The van der Waals surface area contributed by atoms with Crippen LogP contribution in [0.4, 0.5) is 0 Å². The Morgan fingerprint density at radius 1 is 1.00 bits per heavy atom. The van der Waals surface area contributed by atoms with Crippen molar-refractivity contribution in [1.29, 1.82) is 5.26 Å². The number of aromatic amines is 1. The fourth-order valence-corrected chi connectivity index (χ4v) is 13.8. The van der Waals surface area contributed by atoms with Gasteiger partial charge in [0.25, 0.3) is 5.56 Å². The molecular weight excluding hydrogens is 673 g/mol. The van der Waals surface area contributed by atoms with Crippen molar-refractivity contribution in [3.63, 3.8) is 0 Å². The van der Waals surface area contributed by atoms with E-state index >= 15 is 0 Å². The number of fused-ring (bicyclic) bond motifs is 5. The molecule has 5 aliphatic rings. The highest BCUT2D eigenvalue weighted by atomic mass is 32.2. The number of aliphatic hydroxyl groups excluding tert-OH is 1. The molecule has 4 aliphatic carbocycles. The fraction of sp³-hybridized carbons (Fsp3) is 0.738. The van der Waals surface area contributed by atoms with Gasteiger partial charge in [-0.05, 0) is 137 Å². The Balaban J connectivity index is 1.06. The predicted molar refractivity (Wildman–Crippen MR) is 201 cm³/mol. The zero-order valence-electron chi connectivity index (χ0n) is 32.4. The highest BCUT2D eigenvalue weighted by Crippen LogP contribution is 2.76. The van der Waals surface area contributed by atoms with Crippen LogP contribution < -0.4 is 5.56 Å². The summed E-state index contributed by atoms with van der Waals surface area (Å²) in [6.45, 7) is 18.9. The summed E-state index contributed by atoms with van der Waals surface area (Å²) < 4.78 is 13.2. The number of hydrogen-bond donors (Lipinski definition) is 2. The summed E-state index contributed by atoms with van der Waals surface area (Å²) in [7, 11) is 0. The van der Waals surface area contributed by atoms with Crippen LogP contribution in [0.2, 0.25) is 0 Å². The summed E-state index contributed by atoms with van der Waals surface area (Å²) in [5, 5.41) is 22.1. The number of carbonyl (C=O) groups is 1. The number of nitrogens with zero attached hydrogens (tertiary/aromatic N) is 3. The van der Waals surface area contributed by atoms with E-state index in [-0.39, 0.29) is 79.1 Å². The van der Waals surface area contributed by atoms with E-state index in [4.69, 9.17) is 9.47 Å². The minimum absolute atomic E-state index is 0.00719. The number of nitrogens with one attached hydrogen (secondary N) is 1. The number of thioether (sulfide) groups is 1. The monoisotopic (exact) mass is 730 g/mol.